The van der Waals surface area contributed by atoms with Gasteiger partial charge in [-0.2, -0.15) is 0 Å². The molecule has 240 valence electrons. The minimum absolute atomic E-state index is 0.151. The first kappa shape index (κ1) is 33.9. The van der Waals surface area contributed by atoms with Crippen LogP contribution in [0.25, 0.3) is 0 Å². The van der Waals surface area contributed by atoms with Crippen molar-refractivity contribution in [2.45, 2.75) is 51.9 Å². The van der Waals surface area contributed by atoms with Crippen LogP contribution in [0.5, 0.6) is 5.75 Å². The monoisotopic (exact) mass is 641 g/mol. The van der Waals surface area contributed by atoms with E-state index < -0.39 is 23.9 Å². The molecule has 4 amide bonds. The Bertz CT molecular complexity index is 1610. The highest BCUT2D eigenvalue weighted by molar-refractivity contribution is 7.12. The molecule has 6 N–H and O–H groups in total. The van der Waals surface area contributed by atoms with Crippen LogP contribution >= 0.6 is 11.3 Å². The normalized spacial score (nSPS) is 12.0. The Kier molecular flexibility index (Phi) is 12.4. The minimum atomic E-state index is -1.03. The second-order valence-electron chi connectivity index (χ2n) is 10.6. The zero-order valence-electron chi connectivity index (χ0n) is 25.9. The summed E-state index contributed by atoms with van der Waals surface area (Å²) in [7, 11) is 0. The fourth-order valence-corrected chi connectivity index (χ4v) is 5.52. The predicted octanol–water partition coefficient (Wildman–Crippen LogP) is 3.95. The van der Waals surface area contributed by atoms with Crippen LogP contribution < -0.4 is 31.7 Å². The Morgan fingerprint density at radius 1 is 0.761 bits per heavy atom. The number of carbonyl (C=O) groups excluding carboxylic acids is 4. The molecule has 0 radical (unpaired) electrons. The number of rotatable bonds is 15. The molecule has 0 unspecified atom stereocenters. The minimum Gasteiger partial charge on any atom is -0.494 e. The largest absolute Gasteiger partial charge is 0.494 e. The van der Waals surface area contributed by atoms with Gasteiger partial charge in [0.1, 0.15) is 22.7 Å². The number of nitrogens with one attached hydrogen (secondary N) is 4. The van der Waals surface area contributed by atoms with E-state index in [9.17, 15) is 19.2 Å². The summed E-state index contributed by atoms with van der Waals surface area (Å²) >= 11 is 1.15. The van der Waals surface area contributed by atoms with Gasteiger partial charge in [0, 0.05) is 32.9 Å². The molecule has 11 heteroatoms. The number of ether oxygens (including phenoxy) is 1. The molecule has 46 heavy (non-hydrogen) atoms. The van der Waals surface area contributed by atoms with Crippen molar-refractivity contribution in [3.8, 4) is 5.75 Å². The van der Waals surface area contributed by atoms with E-state index in [-0.39, 0.29) is 36.1 Å². The summed E-state index contributed by atoms with van der Waals surface area (Å²) in [6.45, 7) is 4.45. The van der Waals surface area contributed by atoms with Crippen LogP contribution in [0, 0.1) is 0 Å². The molecule has 0 bridgehead atoms. The Balaban J connectivity index is 1.55. The first-order valence-electron chi connectivity index (χ1n) is 15.0. The van der Waals surface area contributed by atoms with Crippen LogP contribution in [0.3, 0.4) is 0 Å². The van der Waals surface area contributed by atoms with Crippen LogP contribution in [0.15, 0.2) is 90.3 Å². The van der Waals surface area contributed by atoms with Gasteiger partial charge in [0.15, 0.2) is 0 Å². The molecule has 1 heterocycles. The van der Waals surface area contributed by atoms with Crippen molar-refractivity contribution in [2.24, 2.45) is 5.73 Å². The molecule has 0 saturated carbocycles. The number of nitrogens with two attached hydrogens (primary N) is 1. The molecule has 0 saturated heterocycles. The third-order valence-corrected chi connectivity index (χ3v) is 8.03. The highest BCUT2D eigenvalue weighted by Gasteiger charge is 2.28. The average Bonchev–Trinajstić information content (AvgIpc) is 3.52. The van der Waals surface area contributed by atoms with E-state index in [1.807, 2.05) is 73.7 Å². The van der Waals surface area contributed by atoms with Crippen molar-refractivity contribution in [3.05, 3.63) is 117 Å². The zero-order chi connectivity index (χ0) is 32.9. The van der Waals surface area contributed by atoms with E-state index in [0.717, 1.165) is 33.6 Å². The first-order chi connectivity index (χ1) is 22.2. The molecule has 1 aromatic heterocycles. The lowest BCUT2D eigenvalue weighted by atomic mass is 10.0. The topological polar surface area (TPSA) is 152 Å². The maximum absolute atomic E-state index is 13.9. The van der Waals surface area contributed by atoms with Crippen LogP contribution in [-0.2, 0) is 40.3 Å². The van der Waals surface area contributed by atoms with Gasteiger partial charge in [-0.3, -0.25) is 19.2 Å². The van der Waals surface area contributed by atoms with E-state index >= 15 is 0 Å². The summed E-state index contributed by atoms with van der Waals surface area (Å²) in [5.41, 5.74) is 9.57. The van der Waals surface area contributed by atoms with Crippen molar-refractivity contribution in [2.75, 3.05) is 11.9 Å². The van der Waals surface area contributed by atoms with E-state index in [1.54, 1.807) is 23.6 Å². The van der Waals surface area contributed by atoms with Crippen molar-refractivity contribution in [3.63, 3.8) is 0 Å². The van der Waals surface area contributed by atoms with Gasteiger partial charge in [0.05, 0.1) is 12.3 Å². The summed E-state index contributed by atoms with van der Waals surface area (Å²) < 4.78 is 5.54. The second kappa shape index (κ2) is 16.9. The van der Waals surface area contributed by atoms with Gasteiger partial charge >= 0.3 is 0 Å². The number of anilines is 1. The Morgan fingerprint density at radius 3 is 2.00 bits per heavy atom. The first-order valence-corrected chi connectivity index (χ1v) is 15.9. The van der Waals surface area contributed by atoms with E-state index in [1.165, 1.54) is 6.92 Å². The van der Waals surface area contributed by atoms with Crippen molar-refractivity contribution >= 4 is 40.7 Å². The molecule has 4 rings (SSSR count). The summed E-state index contributed by atoms with van der Waals surface area (Å²) in [6, 6.07) is 23.9. The maximum Gasteiger partial charge on any atom is 0.264 e. The number of thiophene rings is 1. The van der Waals surface area contributed by atoms with E-state index in [2.05, 4.69) is 21.3 Å². The van der Waals surface area contributed by atoms with E-state index in [4.69, 9.17) is 10.5 Å². The highest BCUT2D eigenvalue weighted by atomic mass is 32.1. The molecule has 0 aliphatic heterocycles. The van der Waals surface area contributed by atoms with Crippen LogP contribution in [0.1, 0.15) is 45.8 Å². The van der Waals surface area contributed by atoms with Gasteiger partial charge in [-0.25, -0.2) is 0 Å². The van der Waals surface area contributed by atoms with Crippen molar-refractivity contribution in [1.82, 2.24) is 16.0 Å². The van der Waals surface area contributed by atoms with Crippen LogP contribution in [0.2, 0.25) is 0 Å². The fourth-order valence-electron chi connectivity index (χ4n) is 4.77. The van der Waals surface area contributed by atoms with Crippen LogP contribution in [0.4, 0.5) is 5.69 Å². The van der Waals surface area contributed by atoms with E-state index in [0.29, 0.717) is 24.6 Å². The summed E-state index contributed by atoms with van der Waals surface area (Å²) in [4.78, 5) is 52.8. The lowest BCUT2D eigenvalue weighted by Gasteiger charge is -2.24. The summed E-state index contributed by atoms with van der Waals surface area (Å²) in [5.74, 6) is -1.04. The molecule has 0 fully saturated rings. The molecule has 2 atom stereocenters. The highest BCUT2D eigenvalue weighted by Crippen LogP contribution is 2.23. The van der Waals surface area contributed by atoms with Crippen molar-refractivity contribution < 1.29 is 23.9 Å². The SMILES string of the molecule is CCOc1ccc(C[C@@H](NC(=O)c2sccc2NC(C)=O)C(=O)N[C@@H](Cc2ccccc2)C(=O)NCc2ccc(CN)cc2)cc1. The number of carbonyl (C=O) groups is 4. The molecule has 3 aromatic carbocycles. The quantitative estimate of drug-likeness (QED) is 0.133. The Labute approximate surface area is 272 Å². The summed E-state index contributed by atoms with van der Waals surface area (Å²) in [5, 5.41) is 13.0. The molecule has 0 aliphatic rings. The van der Waals surface area contributed by atoms with Gasteiger partial charge in [-0.05, 0) is 52.8 Å². The van der Waals surface area contributed by atoms with Crippen LogP contribution in [-0.4, -0.2) is 42.3 Å². The molecule has 0 aliphatic carbocycles. The molecular weight excluding hydrogens is 602 g/mol. The van der Waals surface area contributed by atoms with Gasteiger partial charge < -0.3 is 31.7 Å². The van der Waals surface area contributed by atoms with Gasteiger partial charge in [-0.15, -0.1) is 11.3 Å². The predicted molar refractivity (Wildman–Crippen MR) is 179 cm³/mol. The third kappa shape index (κ3) is 10.0. The zero-order valence-corrected chi connectivity index (χ0v) is 26.7. The summed E-state index contributed by atoms with van der Waals surface area (Å²) in [6.07, 6.45) is 0.393. The molecular formula is C35H39N5O5S. The van der Waals surface area contributed by atoms with Crippen molar-refractivity contribution in [1.29, 1.82) is 0 Å². The van der Waals surface area contributed by atoms with Gasteiger partial charge in [0.2, 0.25) is 17.7 Å². The molecule has 4 aromatic rings. The van der Waals surface area contributed by atoms with Gasteiger partial charge in [-0.1, -0.05) is 66.7 Å². The number of amides is 4. The standard InChI is InChI=1S/C35H39N5O5S/c1-3-45-28-15-13-25(14-16-28)20-31(40-35(44)32-29(17-18-46-32)38-23(2)41)34(43)39-30(19-24-7-5-4-6-8-24)33(42)37-22-27-11-9-26(21-36)10-12-27/h4-18,30-31H,3,19-22,36H2,1-2H3,(H,37,42)(H,38,41)(H,39,43)(H,40,44)/t30-,31+/m0/s1. The number of hydrogen-bond donors (Lipinski definition) is 5. The molecule has 10 nitrogen and oxygen atoms in total. The number of hydrogen-bond acceptors (Lipinski definition) is 7. The second-order valence-corrected chi connectivity index (χ2v) is 11.6. The number of benzene rings is 3. The third-order valence-electron chi connectivity index (χ3n) is 7.12. The maximum atomic E-state index is 13.9. The fraction of sp³-hybridized carbons (Fsp3) is 0.257. The lowest BCUT2D eigenvalue weighted by Crippen LogP contribution is -2.55. The molecule has 0 spiro atoms. The van der Waals surface area contributed by atoms with Gasteiger partial charge in [0.25, 0.3) is 5.91 Å². The lowest BCUT2D eigenvalue weighted by molar-refractivity contribution is -0.130. The Morgan fingerprint density at radius 2 is 1.37 bits per heavy atom. The Hall–Kier alpha value is -5.00. The average molecular weight is 642 g/mol. The smallest absolute Gasteiger partial charge is 0.264 e.